The van der Waals surface area contributed by atoms with Crippen molar-refractivity contribution < 1.29 is 0 Å². The molecule has 0 aliphatic rings. The number of thioether (sulfide) groups is 2. The number of hydrogen-bond acceptors (Lipinski definition) is 2. The number of benzene rings is 2. The zero-order chi connectivity index (χ0) is 16.5. The van der Waals surface area contributed by atoms with Crippen molar-refractivity contribution in [1.29, 1.82) is 0 Å². The highest BCUT2D eigenvalue weighted by atomic mass is 32.2. The van der Waals surface area contributed by atoms with Gasteiger partial charge in [-0.3, -0.25) is 0 Å². The maximum absolute atomic E-state index is 2.39. The summed E-state index contributed by atoms with van der Waals surface area (Å²) < 4.78 is 0.395. The molecule has 0 fully saturated rings. The predicted molar refractivity (Wildman–Crippen MR) is 106 cm³/mol. The molecule has 0 heterocycles. The van der Waals surface area contributed by atoms with Crippen molar-refractivity contribution in [3.05, 3.63) is 72.8 Å². The first kappa shape index (κ1) is 18.2. The minimum atomic E-state index is 0.395. The predicted octanol–water partition coefficient (Wildman–Crippen LogP) is 7.14. The highest BCUT2D eigenvalue weighted by molar-refractivity contribution is 8.17. The van der Waals surface area contributed by atoms with E-state index in [1.54, 1.807) is 0 Å². The van der Waals surface area contributed by atoms with Gasteiger partial charge in [0.05, 0.1) is 4.58 Å². The van der Waals surface area contributed by atoms with Gasteiger partial charge in [-0.25, -0.2) is 0 Å². The van der Waals surface area contributed by atoms with Gasteiger partial charge in [-0.1, -0.05) is 75.7 Å². The molecule has 0 aliphatic carbocycles. The average molecular weight is 343 g/mol. The average Bonchev–Trinajstić information content (AvgIpc) is 2.60. The summed E-state index contributed by atoms with van der Waals surface area (Å²) in [5, 5.41) is 0. The first-order valence-corrected chi connectivity index (χ1v) is 10.1. The first-order valence-electron chi connectivity index (χ1n) is 8.30. The molecule has 2 rings (SSSR count). The van der Waals surface area contributed by atoms with Crippen LogP contribution in [0, 0.1) is 11.8 Å². The monoisotopic (exact) mass is 342 g/mol. The highest BCUT2D eigenvalue weighted by Gasteiger charge is 2.11. The normalized spacial score (nSPS) is 14.3. The van der Waals surface area contributed by atoms with Gasteiger partial charge in [-0.15, -0.1) is 23.5 Å². The maximum atomic E-state index is 2.39. The zero-order valence-electron chi connectivity index (χ0n) is 14.2. The smallest absolute Gasteiger partial charge is 0.0776 e. The molecule has 2 aromatic carbocycles. The summed E-state index contributed by atoms with van der Waals surface area (Å²) in [5.74, 6) is 1.35. The van der Waals surface area contributed by atoms with E-state index in [-0.39, 0.29) is 0 Å². The first-order chi connectivity index (χ1) is 11.2. The SMILES string of the molecule is CCC(C)C(C)/C=C/C(Sc1ccccc1)Sc1ccccc1. The molecule has 2 atom stereocenters. The van der Waals surface area contributed by atoms with Crippen LogP contribution in [0.4, 0.5) is 0 Å². The topological polar surface area (TPSA) is 0 Å². The number of allylic oxidation sites excluding steroid dienone is 1. The van der Waals surface area contributed by atoms with Gasteiger partial charge in [0.1, 0.15) is 0 Å². The molecule has 2 aromatic rings. The zero-order valence-corrected chi connectivity index (χ0v) is 15.8. The van der Waals surface area contributed by atoms with E-state index in [2.05, 4.69) is 93.6 Å². The van der Waals surface area contributed by atoms with Crippen LogP contribution in [0.1, 0.15) is 27.2 Å². The Bertz CT molecular complexity index is 536. The highest BCUT2D eigenvalue weighted by Crippen LogP contribution is 2.36. The second-order valence-corrected chi connectivity index (χ2v) is 8.59. The van der Waals surface area contributed by atoms with Crippen molar-refractivity contribution in [3.8, 4) is 0 Å². The van der Waals surface area contributed by atoms with Gasteiger partial charge in [-0.05, 0) is 36.1 Å². The van der Waals surface area contributed by atoms with Crippen LogP contribution < -0.4 is 0 Å². The fourth-order valence-electron chi connectivity index (χ4n) is 2.20. The molecule has 0 N–H and O–H groups in total. The van der Waals surface area contributed by atoms with Gasteiger partial charge in [0.15, 0.2) is 0 Å². The third-order valence-electron chi connectivity index (χ3n) is 4.10. The Morgan fingerprint density at radius 3 is 1.70 bits per heavy atom. The summed E-state index contributed by atoms with van der Waals surface area (Å²) >= 11 is 3.84. The summed E-state index contributed by atoms with van der Waals surface area (Å²) in [7, 11) is 0. The molecule has 23 heavy (non-hydrogen) atoms. The van der Waals surface area contributed by atoms with Crippen LogP contribution >= 0.6 is 23.5 Å². The van der Waals surface area contributed by atoms with E-state index in [0.29, 0.717) is 10.5 Å². The van der Waals surface area contributed by atoms with Crippen LogP contribution in [0.3, 0.4) is 0 Å². The lowest BCUT2D eigenvalue weighted by Crippen LogP contribution is -2.04. The van der Waals surface area contributed by atoms with E-state index in [1.807, 2.05) is 23.5 Å². The molecule has 0 bridgehead atoms. The second-order valence-electron chi connectivity index (χ2n) is 5.86. The fourth-order valence-corrected chi connectivity index (χ4v) is 4.56. The summed E-state index contributed by atoms with van der Waals surface area (Å²) in [4.78, 5) is 2.64. The third kappa shape index (κ3) is 6.48. The molecule has 0 radical (unpaired) electrons. The molecule has 0 saturated carbocycles. The fraction of sp³-hybridized carbons (Fsp3) is 0.333. The standard InChI is InChI=1S/C21H26S2/c1-4-17(2)18(3)15-16-21(22-19-11-7-5-8-12-19)23-20-13-9-6-10-14-20/h5-18,21H,4H2,1-3H3/b16-15+. The van der Waals surface area contributed by atoms with Crippen LogP contribution in [-0.2, 0) is 0 Å². The minimum absolute atomic E-state index is 0.395. The molecular formula is C21H26S2. The molecular weight excluding hydrogens is 316 g/mol. The van der Waals surface area contributed by atoms with Crippen molar-refractivity contribution in [2.75, 3.05) is 0 Å². The van der Waals surface area contributed by atoms with E-state index >= 15 is 0 Å². The van der Waals surface area contributed by atoms with E-state index in [9.17, 15) is 0 Å². The Balaban J connectivity index is 2.09. The van der Waals surface area contributed by atoms with E-state index in [0.717, 1.165) is 5.92 Å². The molecule has 0 aliphatic heterocycles. The molecule has 0 spiro atoms. The van der Waals surface area contributed by atoms with Gasteiger partial charge in [0.25, 0.3) is 0 Å². The maximum Gasteiger partial charge on any atom is 0.0776 e. The molecule has 0 aromatic heterocycles. The van der Waals surface area contributed by atoms with Crippen molar-refractivity contribution in [2.45, 2.75) is 41.6 Å². The quantitative estimate of drug-likeness (QED) is 0.284. The third-order valence-corrected chi connectivity index (χ3v) is 6.55. The van der Waals surface area contributed by atoms with E-state index in [4.69, 9.17) is 0 Å². The number of rotatable bonds is 8. The molecule has 2 unspecified atom stereocenters. The molecule has 0 nitrogen and oxygen atoms in total. The largest absolute Gasteiger partial charge is 0.107 e. The van der Waals surface area contributed by atoms with Crippen molar-refractivity contribution in [1.82, 2.24) is 0 Å². The molecule has 122 valence electrons. The van der Waals surface area contributed by atoms with Gasteiger partial charge in [0.2, 0.25) is 0 Å². The summed E-state index contributed by atoms with van der Waals surface area (Å²) in [6.07, 6.45) is 6.00. The minimum Gasteiger partial charge on any atom is -0.107 e. The molecule has 0 saturated heterocycles. The van der Waals surface area contributed by atoms with E-state index in [1.165, 1.54) is 16.2 Å². The number of hydrogen-bond donors (Lipinski definition) is 0. The van der Waals surface area contributed by atoms with Crippen molar-refractivity contribution in [2.24, 2.45) is 11.8 Å². The van der Waals surface area contributed by atoms with Gasteiger partial charge < -0.3 is 0 Å². The van der Waals surface area contributed by atoms with E-state index < -0.39 is 0 Å². The van der Waals surface area contributed by atoms with Crippen LogP contribution in [0.5, 0.6) is 0 Å². The Kier molecular flexibility index (Phi) is 7.84. The summed E-state index contributed by atoms with van der Waals surface area (Å²) in [5.41, 5.74) is 0. The van der Waals surface area contributed by atoms with Gasteiger partial charge in [0, 0.05) is 9.79 Å². The second kappa shape index (κ2) is 9.89. The van der Waals surface area contributed by atoms with Crippen LogP contribution in [0.25, 0.3) is 0 Å². The van der Waals surface area contributed by atoms with Crippen LogP contribution in [-0.4, -0.2) is 4.58 Å². The molecule has 2 heteroatoms. The van der Waals surface area contributed by atoms with Crippen molar-refractivity contribution >= 4 is 23.5 Å². The molecule has 0 amide bonds. The lowest BCUT2D eigenvalue weighted by molar-refractivity contribution is 0.446. The Labute approximate surface area is 149 Å². The summed E-state index contributed by atoms with van der Waals surface area (Å²) in [6.45, 7) is 6.92. The lowest BCUT2D eigenvalue weighted by atomic mass is 9.93. The summed E-state index contributed by atoms with van der Waals surface area (Å²) in [6, 6.07) is 21.3. The van der Waals surface area contributed by atoms with Gasteiger partial charge >= 0.3 is 0 Å². The van der Waals surface area contributed by atoms with Crippen molar-refractivity contribution in [3.63, 3.8) is 0 Å². The lowest BCUT2D eigenvalue weighted by Gasteiger charge is -2.16. The Hall–Kier alpha value is -1.12. The van der Waals surface area contributed by atoms with Gasteiger partial charge in [-0.2, -0.15) is 0 Å². The van der Waals surface area contributed by atoms with Crippen LogP contribution in [0.2, 0.25) is 0 Å². The van der Waals surface area contributed by atoms with Crippen LogP contribution in [0.15, 0.2) is 82.6 Å². The Morgan fingerprint density at radius 2 is 1.26 bits per heavy atom. The Morgan fingerprint density at radius 1 is 0.783 bits per heavy atom.